The molecule has 3 rings (SSSR count). The fourth-order valence-electron chi connectivity index (χ4n) is 8.11. The number of ether oxygens (including phenoxy) is 4. The molecule has 0 amide bonds. The average molecular weight is 926 g/mol. The van der Waals surface area contributed by atoms with E-state index in [1.54, 1.807) is 38.2 Å². The summed E-state index contributed by atoms with van der Waals surface area (Å²) in [6, 6.07) is -1.14. The predicted molar refractivity (Wildman–Crippen MR) is 237 cm³/mol. The van der Waals surface area contributed by atoms with Gasteiger partial charge in [0.15, 0.2) is 12.1 Å². The van der Waals surface area contributed by atoms with Gasteiger partial charge in [0.2, 0.25) is 0 Å². The van der Waals surface area contributed by atoms with Crippen LogP contribution in [0.15, 0.2) is 72.9 Å². The number of esters is 1. The molecule has 3 heterocycles. The molecule has 0 aromatic heterocycles. The lowest BCUT2D eigenvalue weighted by molar-refractivity contribution is -0.310. The van der Waals surface area contributed by atoms with Crippen LogP contribution in [-0.2, 0) is 28.5 Å². The minimum atomic E-state index is -2.35. The summed E-state index contributed by atoms with van der Waals surface area (Å²) < 4.78 is 23.2. The number of aliphatic hydroxyl groups is 10. The van der Waals surface area contributed by atoms with Crippen molar-refractivity contribution in [1.82, 2.24) is 0 Å². The van der Waals surface area contributed by atoms with Gasteiger partial charge in [-0.15, -0.1) is 0 Å². The summed E-state index contributed by atoms with van der Waals surface area (Å²) in [6.45, 7) is 6.78. The topological polar surface area (TPSA) is 320 Å². The van der Waals surface area contributed by atoms with Gasteiger partial charge < -0.3 is 80.9 Å². The van der Waals surface area contributed by atoms with E-state index in [9.17, 15) is 65.8 Å². The fourth-order valence-corrected chi connectivity index (χ4v) is 8.11. The van der Waals surface area contributed by atoms with Gasteiger partial charge in [0, 0.05) is 31.1 Å². The molecule has 370 valence electrons. The molecule has 65 heavy (non-hydrogen) atoms. The van der Waals surface area contributed by atoms with Crippen molar-refractivity contribution in [3.05, 3.63) is 72.9 Å². The molecule has 0 radical (unpaired) electrons. The number of cyclic esters (lactones) is 1. The van der Waals surface area contributed by atoms with Crippen LogP contribution >= 0.6 is 0 Å². The average Bonchev–Trinajstić information content (AvgIpc) is 3.21. The van der Waals surface area contributed by atoms with Crippen LogP contribution in [0.3, 0.4) is 0 Å². The maximum Gasteiger partial charge on any atom is 0.311 e. The van der Waals surface area contributed by atoms with E-state index >= 15 is 0 Å². The summed E-state index contributed by atoms with van der Waals surface area (Å²) in [4.78, 5) is 25.1. The number of aliphatic carboxylic acids is 1. The van der Waals surface area contributed by atoms with E-state index in [0.29, 0.717) is 0 Å². The van der Waals surface area contributed by atoms with Gasteiger partial charge in [-0.2, -0.15) is 0 Å². The van der Waals surface area contributed by atoms with Crippen LogP contribution in [0, 0.1) is 17.8 Å². The first-order valence-corrected chi connectivity index (χ1v) is 22.6. The first-order valence-electron chi connectivity index (χ1n) is 22.6. The molecule has 18 nitrogen and oxygen atoms in total. The number of carbonyl (C=O) groups excluding carboxylic acids is 1. The highest BCUT2D eigenvalue weighted by Gasteiger charge is 2.51. The minimum Gasteiger partial charge on any atom is -0.481 e. The lowest BCUT2D eigenvalue weighted by atomic mass is 9.82. The normalized spacial score (nSPS) is 45.2. The number of hydrogen-bond acceptors (Lipinski definition) is 17. The maximum absolute atomic E-state index is 12.6. The molecule has 19 atom stereocenters. The number of allylic oxidation sites excluding steroid dienone is 10. The lowest BCUT2D eigenvalue weighted by Gasteiger charge is -2.45. The third-order valence-corrected chi connectivity index (χ3v) is 12.2. The standard InChI is InChI=1S/C47H75NO17/c1-27-17-15-13-11-9-7-5-6-8-10-12-14-16-18-34(64-46-44(58)41(48)43(57)30(4)63-46)24-38-40(45(59)60)37(54)26-47(61,65-38)25-36(53)35(52)20-19-31(49)21-32(50)22-33(51)23-39(55)62-29(3)28(2)42(27)56/h5-6,8,10-18,27-38,40-44,46,49-54,56-58,61H,7,9,19-26,48H2,1-4H3,(H,59,60)/b6-5+,10-8+,13-11+,14-12+,17-15+,18-16+/t27-,28-,29-,30+,31+,32+,33+,34-,35+,36+,37-,38-,40+,41-,42+,43+,44-,46-,47+/m0/s1. The fraction of sp³-hybridized carbons (Fsp3) is 0.702. The summed E-state index contributed by atoms with van der Waals surface area (Å²) in [5, 5.41) is 118. The van der Waals surface area contributed by atoms with Gasteiger partial charge in [-0.3, -0.25) is 9.59 Å². The van der Waals surface area contributed by atoms with Crippen molar-refractivity contribution in [1.29, 1.82) is 0 Å². The first kappa shape index (κ1) is 56.1. The van der Waals surface area contributed by atoms with E-state index in [2.05, 4.69) is 0 Å². The van der Waals surface area contributed by atoms with Crippen molar-refractivity contribution < 1.29 is 84.7 Å². The van der Waals surface area contributed by atoms with Crippen LogP contribution in [0.1, 0.15) is 91.9 Å². The SMILES string of the molecule is C[C@@H]1[C@H](O)[C@@H](C)/C=C/C=C/CC/C=C/C=C/C=C/C=C/[C@H](O[C@@H]2O[C@H](C)[C@@H](O)[C@H](N)[C@@H]2O)C[C@@H]2O[C@](O)(C[C@@H](O)[C@H](O)CC[C@@H](O)C[C@@H](O)C[C@@H](O)CC(=O)O[C@H]1C)C[C@H](O)[C@H]2C(=O)O. The van der Waals surface area contributed by atoms with E-state index in [-0.39, 0.29) is 38.0 Å². The molecule has 3 aliphatic rings. The van der Waals surface area contributed by atoms with Crippen LogP contribution in [-0.4, -0.2) is 166 Å². The quantitative estimate of drug-likeness (QED) is 0.175. The number of carboxylic acids is 1. The van der Waals surface area contributed by atoms with Gasteiger partial charge >= 0.3 is 11.9 Å². The Balaban J connectivity index is 1.84. The Morgan fingerprint density at radius 3 is 1.94 bits per heavy atom. The van der Waals surface area contributed by atoms with E-state index in [4.69, 9.17) is 24.7 Å². The lowest BCUT2D eigenvalue weighted by Crippen LogP contribution is -2.61. The zero-order valence-corrected chi connectivity index (χ0v) is 37.8. The van der Waals surface area contributed by atoms with Gasteiger partial charge in [0.25, 0.3) is 0 Å². The second-order valence-electron chi connectivity index (χ2n) is 17.8. The third-order valence-electron chi connectivity index (χ3n) is 12.2. The summed E-state index contributed by atoms with van der Waals surface area (Å²) in [5.41, 5.74) is 6.02. The molecule has 0 saturated carbocycles. The summed E-state index contributed by atoms with van der Waals surface area (Å²) >= 11 is 0. The maximum atomic E-state index is 12.6. The molecular formula is C47H75NO17. The van der Waals surface area contributed by atoms with Crippen LogP contribution in [0.2, 0.25) is 0 Å². The molecule has 2 saturated heterocycles. The Kier molecular flexibility index (Phi) is 23.8. The molecule has 0 spiro atoms. The van der Waals surface area contributed by atoms with E-state index in [1.807, 2.05) is 49.5 Å². The van der Waals surface area contributed by atoms with Crippen molar-refractivity contribution >= 4 is 11.9 Å². The van der Waals surface area contributed by atoms with Crippen molar-refractivity contribution in [2.45, 2.75) is 189 Å². The van der Waals surface area contributed by atoms with E-state index in [0.717, 1.165) is 12.8 Å². The Morgan fingerprint density at radius 1 is 0.692 bits per heavy atom. The van der Waals surface area contributed by atoms with E-state index < -0.39 is 141 Å². The molecule has 18 heteroatoms. The highest BCUT2D eigenvalue weighted by Crippen LogP contribution is 2.38. The zero-order chi connectivity index (χ0) is 48.4. The minimum absolute atomic E-state index is 0.138. The van der Waals surface area contributed by atoms with Crippen LogP contribution < -0.4 is 5.73 Å². The van der Waals surface area contributed by atoms with Crippen LogP contribution in [0.4, 0.5) is 0 Å². The van der Waals surface area contributed by atoms with E-state index in [1.165, 1.54) is 13.0 Å². The molecule has 2 fully saturated rings. The number of hydrogen-bond donors (Lipinski definition) is 12. The van der Waals surface area contributed by atoms with Gasteiger partial charge in [0.05, 0.1) is 79.6 Å². The monoisotopic (exact) mass is 926 g/mol. The molecule has 0 aromatic rings. The smallest absolute Gasteiger partial charge is 0.311 e. The number of carbonyl (C=O) groups is 2. The van der Waals surface area contributed by atoms with Gasteiger partial charge in [0.1, 0.15) is 18.1 Å². The van der Waals surface area contributed by atoms with Crippen LogP contribution in [0.5, 0.6) is 0 Å². The summed E-state index contributed by atoms with van der Waals surface area (Å²) in [5.74, 6) is -6.82. The highest BCUT2D eigenvalue weighted by atomic mass is 16.7. The Bertz CT molecular complexity index is 1620. The third kappa shape index (κ3) is 18.8. The summed E-state index contributed by atoms with van der Waals surface area (Å²) in [6.07, 6.45) is 2.28. The molecule has 0 aliphatic carbocycles. The first-order chi connectivity index (χ1) is 30.6. The zero-order valence-electron chi connectivity index (χ0n) is 37.8. The number of nitrogens with two attached hydrogens (primary N) is 1. The number of aliphatic hydroxyl groups excluding tert-OH is 9. The van der Waals surface area contributed by atoms with Gasteiger partial charge in [-0.05, 0) is 52.4 Å². The van der Waals surface area contributed by atoms with Gasteiger partial charge in [-0.25, -0.2) is 0 Å². The van der Waals surface area contributed by atoms with Crippen molar-refractivity contribution in [2.75, 3.05) is 0 Å². The number of fused-ring (bicyclic) bond motifs is 2. The molecule has 13 N–H and O–H groups in total. The van der Waals surface area contributed by atoms with Gasteiger partial charge in [-0.1, -0.05) is 86.8 Å². The molecule has 3 aliphatic heterocycles. The Hall–Kier alpha value is -3.18. The number of rotatable bonds is 3. The predicted octanol–water partition coefficient (Wildman–Crippen LogP) is 0.936. The Morgan fingerprint density at radius 2 is 1.28 bits per heavy atom. The Labute approximate surface area is 381 Å². The molecule has 0 aromatic carbocycles. The second-order valence-corrected chi connectivity index (χ2v) is 17.8. The van der Waals surface area contributed by atoms with Crippen LogP contribution in [0.25, 0.3) is 0 Å². The molecule has 2 bridgehead atoms. The van der Waals surface area contributed by atoms with Crippen molar-refractivity contribution in [3.63, 3.8) is 0 Å². The molecular weight excluding hydrogens is 851 g/mol. The highest BCUT2D eigenvalue weighted by molar-refractivity contribution is 5.71. The largest absolute Gasteiger partial charge is 0.481 e. The van der Waals surface area contributed by atoms with Crippen molar-refractivity contribution in [2.24, 2.45) is 23.5 Å². The van der Waals surface area contributed by atoms with Crippen molar-refractivity contribution in [3.8, 4) is 0 Å². The number of carboxylic acid groups (broad SMARTS) is 1. The second kappa shape index (κ2) is 27.6. The summed E-state index contributed by atoms with van der Waals surface area (Å²) in [7, 11) is 0. The molecule has 0 unspecified atom stereocenters.